The standard InChI is InChI=1S/C26H30ClFN6O4/c27-20-6-4-18(10-21(20)28)32-23(35)24(36)33-22-17(11-31-26(29)30)9-16-8-14(3-5-19(16)22)12-34-7-1-2-15(13-34)25(37)38/h3-6,8,10,15,17,22H,1-2,7,9,11-13H2,(H,32,35)(H,33,36)(H,37,38)(H4,29,30,31)/t15-,17+,22+/m0/s1. The number of hydrogen-bond acceptors (Lipinski definition) is 5. The SMILES string of the molecule is NC(N)=NC[C@H]1Cc2cc(CN3CCC[C@H](C(=O)O)C3)ccc2[C@@H]1NC(=O)C(=O)Nc1ccc(Cl)c(F)c1. The Balaban J connectivity index is 1.48. The summed E-state index contributed by atoms with van der Waals surface area (Å²) in [6.45, 7) is 2.20. The van der Waals surface area contributed by atoms with Gasteiger partial charge in [0.1, 0.15) is 5.82 Å². The molecule has 0 radical (unpaired) electrons. The van der Waals surface area contributed by atoms with Gasteiger partial charge in [0.25, 0.3) is 0 Å². The molecule has 38 heavy (non-hydrogen) atoms. The van der Waals surface area contributed by atoms with Gasteiger partial charge in [-0.2, -0.15) is 0 Å². The van der Waals surface area contributed by atoms with Crippen LogP contribution in [0.5, 0.6) is 0 Å². The molecule has 2 amide bonds. The van der Waals surface area contributed by atoms with Crippen LogP contribution in [-0.4, -0.2) is 53.4 Å². The first-order valence-electron chi connectivity index (χ1n) is 12.3. The number of fused-ring (bicyclic) bond motifs is 1. The Labute approximate surface area is 224 Å². The molecule has 0 saturated carbocycles. The van der Waals surface area contributed by atoms with Crippen LogP contribution >= 0.6 is 11.6 Å². The van der Waals surface area contributed by atoms with Crippen molar-refractivity contribution in [1.29, 1.82) is 0 Å². The Hall–Kier alpha value is -3.70. The number of benzene rings is 2. The summed E-state index contributed by atoms with van der Waals surface area (Å²) in [6, 6.07) is 9.09. The first-order chi connectivity index (χ1) is 18.1. The van der Waals surface area contributed by atoms with Crippen LogP contribution in [0, 0.1) is 17.7 Å². The molecule has 0 aromatic heterocycles. The summed E-state index contributed by atoms with van der Waals surface area (Å²) in [7, 11) is 0. The fourth-order valence-electron chi connectivity index (χ4n) is 5.11. The molecule has 1 aliphatic heterocycles. The number of carboxylic acid groups (broad SMARTS) is 1. The Morgan fingerprint density at radius 3 is 2.66 bits per heavy atom. The minimum absolute atomic E-state index is 0.0766. The number of aliphatic imine (C=N–C) groups is 1. The lowest BCUT2D eigenvalue weighted by atomic mass is 9.97. The Kier molecular flexibility index (Phi) is 8.48. The molecule has 4 rings (SSSR count). The molecule has 2 aliphatic rings. The zero-order valence-electron chi connectivity index (χ0n) is 20.6. The number of piperidine rings is 1. The number of amides is 2. The maximum absolute atomic E-state index is 13.7. The smallest absolute Gasteiger partial charge is 0.313 e. The minimum atomic E-state index is -0.949. The monoisotopic (exact) mass is 544 g/mol. The van der Waals surface area contributed by atoms with Crippen molar-refractivity contribution in [1.82, 2.24) is 10.2 Å². The molecule has 1 heterocycles. The molecule has 1 aliphatic carbocycles. The normalized spacial score (nSPS) is 20.8. The van der Waals surface area contributed by atoms with Gasteiger partial charge in [0.2, 0.25) is 0 Å². The first-order valence-corrected chi connectivity index (χ1v) is 12.7. The van der Waals surface area contributed by atoms with Crippen LogP contribution in [0.15, 0.2) is 41.4 Å². The third-order valence-electron chi connectivity index (χ3n) is 6.94. The molecule has 202 valence electrons. The lowest BCUT2D eigenvalue weighted by Gasteiger charge is -2.30. The van der Waals surface area contributed by atoms with E-state index in [9.17, 15) is 23.9 Å². The first kappa shape index (κ1) is 27.3. The van der Waals surface area contributed by atoms with Crippen LogP contribution in [0.2, 0.25) is 5.02 Å². The molecular formula is C26H30ClFN6O4. The summed E-state index contributed by atoms with van der Waals surface area (Å²) in [5, 5.41) is 14.4. The van der Waals surface area contributed by atoms with Gasteiger partial charge in [-0.15, -0.1) is 0 Å². The van der Waals surface area contributed by atoms with Gasteiger partial charge in [-0.1, -0.05) is 29.8 Å². The van der Waals surface area contributed by atoms with Crippen LogP contribution in [0.1, 0.15) is 35.6 Å². The van der Waals surface area contributed by atoms with Crippen molar-refractivity contribution in [3.8, 4) is 0 Å². The van der Waals surface area contributed by atoms with Gasteiger partial charge >= 0.3 is 17.8 Å². The number of anilines is 1. The van der Waals surface area contributed by atoms with Gasteiger partial charge in [-0.25, -0.2) is 4.39 Å². The van der Waals surface area contributed by atoms with E-state index in [1.54, 1.807) is 0 Å². The van der Waals surface area contributed by atoms with Crippen molar-refractivity contribution < 1.29 is 23.9 Å². The van der Waals surface area contributed by atoms with E-state index >= 15 is 0 Å². The van der Waals surface area contributed by atoms with E-state index in [1.165, 1.54) is 12.1 Å². The number of hydrogen-bond donors (Lipinski definition) is 5. The third-order valence-corrected chi connectivity index (χ3v) is 7.24. The second-order valence-electron chi connectivity index (χ2n) is 9.71. The van der Waals surface area contributed by atoms with E-state index in [0.717, 1.165) is 35.7 Å². The summed E-state index contributed by atoms with van der Waals surface area (Å²) in [5.74, 6) is -3.95. The van der Waals surface area contributed by atoms with Crippen LogP contribution < -0.4 is 22.1 Å². The lowest BCUT2D eigenvalue weighted by molar-refractivity contribution is -0.143. The topological polar surface area (TPSA) is 163 Å². The van der Waals surface area contributed by atoms with E-state index in [4.69, 9.17) is 23.1 Å². The van der Waals surface area contributed by atoms with Crippen LogP contribution in [-0.2, 0) is 27.3 Å². The molecule has 12 heteroatoms. The largest absolute Gasteiger partial charge is 0.481 e. The maximum Gasteiger partial charge on any atom is 0.313 e. The van der Waals surface area contributed by atoms with E-state index in [0.29, 0.717) is 25.9 Å². The fourth-order valence-corrected chi connectivity index (χ4v) is 5.23. The Morgan fingerprint density at radius 1 is 1.16 bits per heavy atom. The highest BCUT2D eigenvalue weighted by atomic mass is 35.5. The number of nitrogens with zero attached hydrogens (tertiary/aromatic N) is 2. The molecule has 7 N–H and O–H groups in total. The molecule has 2 aromatic rings. The number of carbonyl (C=O) groups is 3. The molecule has 1 saturated heterocycles. The van der Waals surface area contributed by atoms with Gasteiger partial charge in [0.05, 0.1) is 17.0 Å². The summed E-state index contributed by atoms with van der Waals surface area (Å²) in [5.41, 5.74) is 14.0. The second kappa shape index (κ2) is 11.8. The molecule has 2 aromatic carbocycles. The highest BCUT2D eigenvalue weighted by Crippen LogP contribution is 2.37. The quantitative estimate of drug-likeness (QED) is 0.202. The van der Waals surface area contributed by atoms with Crippen molar-refractivity contribution in [2.24, 2.45) is 28.3 Å². The summed E-state index contributed by atoms with van der Waals surface area (Å²) >= 11 is 5.67. The maximum atomic E-state index is 13.7. The number of nitrogens with one attached hydrogen (secondary N) is 2. The highest BCUT2D eigenvalue weighted by Gasteiger charge is 2.35. The number of carbonyl (C=O) groups excluding carboxylic acids is 2. The van der Waals surface area contributed by atoms with Gasteiger partial charge in [0.15, 0.2) is 5.96 Å². The number of aliphatic carboxylic acids is 1. The van der Waals surface area contributed by atoms with Gasteiger partial charge in [-0.3, -0.25) is 24.3 Å². The number of nitrogens with two attached hydrogens (primary N) is 2. The average Bonchev–Trinajstić information content (AvgIpc) is 3.21. The predicted molar refractivity (Wildman–Crippen MR) is 141 cm³/mol. The molecule has 0 spiro atoms. The van der Waals surface area contributed by atoms with Crippen molar-refractivity contribution in [3.05, 3.63) is 63.9 Å². The van der Waals surface area contributed by atoms with Crippen molar-refractivity contribution >= 4 is 41.0 Å². The number of rotatable bonds is 7. The Bertz CT molecular complexity index is 1270. The summed E-state index contributed by atoms with van der Waals surface area (Å²) < 4.78 is 13.7. The minimum Gasteiger partial charge on any atom is -0.481 e. The zero-order chi connectivity index (χ0) is 27.4. The van der Waals surface area contributed by atoms with Gasteiger partial charge in [0, 0.05) is 31.2 Å². The van der Waals surface area contributed by atoms with Crippen LogP contribution in [0.25, 0.3) is 0 Å². The molecular weight excluding hydrogens is 515 g/mol. The molecule has 0 bridgehead atoms. The van der Waals surface area contributed by atoms with E-state index in [2.05, 4.69) is 20.5 Å². The number of halogens is 2. The van der Waals surface area contributed by atoms with E-state index < -0.39 is 29.6 Å². The fraction of sp³-hybridized carbons (Fsp3) is 0.385. The second-order valence-corrected chi connectivity index (χ2v) is 10.1. The van der Waals surface area contributed by atoms with Crippen molar-refractivity contribution in [2.75, 3.05) is 25.0 Å². The predicted octanol–water partition coefficient (Wildman–Crippen LogP) is 2.02. The van der Waals surface area contributed by atoms with Crippen LogP contribution in [0.3, 0.4) is 0 Å². The molecule has 10 nitrogen and oxygen atoms in total. The highest BCUT2D eigenvalue weighted by molar-refractivity contribution is 6.39. The van der Waals surface area contributed by atoms with Crippen molar-refractivity contribution in [3.63, 3.8) is 0 Å². The molecule has 0 unspecified atom stereocenters. The number of guanidine groups is 1. The molecule has 1 fully saturated rings. The van der Waals surface area contributed by atoms with Gasteiger partial charge in [-0.05, 0) is 60.7 Å². The van der Waals surface area contributed by atoms with Gasteiger partial charge < -0.3 is 27.2 Å². The summed E-state index contributed by atoms with van der Waals surface area (Å²) in [6.07, 6.45) is 2.10. The van der Waals surface area contributed by atoms with E-state index in [-0.39, 0.29) is 35.1 Å². The Morgan fingerprint density at radius 2 is 1.95 bits per heavy atom. The number of likely N-dealkylation sites (tertiary alicyclic amines) is 1. The zero-order valence-corrected chi connectivity index (χ0v) is 21.4. The third kappa shape index (κ3) is 6.59. The average molecular weight is 545 g/mol. The van der Waals surface area contributed by atoms with Crippen molar-refractivity contribution in [2.45, 2.75) is 31.8 Å². The number of carboxylic acids is 1. The summed E-state index contributed by atoms with van der Waals surface area (Å²) in [4.78, 5) is 43.0. The lowest BCUT2D eigenvalue weighted by Crippen LogP contribution is -2.40. The van der Waals surface area contributed by atoms with Crippen LogP contribution in [0.4, 0.5) is 10.1 Å². The van der Waals surface area contributed by atoms with E-state index in [1.807, 2.05) is 18.2 Å². The molecule has 3 atom stereocenters.